The van der Waals surface area contributed by atoms with Gasteiger partial charge in [0.05, 0.1) is 34.4 Å². The first kappa shape index (κ1) is 31.8. The van der Waals surface area contributed by atoms with E-state index in [4.69, 9.17) is 9.72 Å². The standard InChI is InChI=1S/C33H49N3O4S/c1-4-27(37)20-26(22-32-34-30-12-10-25(23(2)3)21-31(30)41-32)33(39)35-29(24-8-6-5-7-9-24)13-11-28(38)14-15-36-16-18-40-19-17-36/h10,12,21,23-24,26,29H,4-9,11,13-20,22H2,1-3H3,(H,35,39)/t26-,29+/m1/s1. The number of thiazole rings is 1. The molecule has 1 aliphatic heterocycles. The Morgan fingerprint density at radius 1 is 1.07 bits per heavy atom. The van der Waals surface area contributed by atoms with E-state index in [1.165, 1.54) is 24.8 Å². The lowest BCUT2D eigenvalue weighted by atomic mass is 9.81. The third-order valence-electron chi connectivity index (χ3n) is 8.87. The van der Waals surface area contributed by atoms with Crippen molar-refractivity contribution in [3.8, 4) is 0 Å². The van der Waals surface area contributed by atoms with Crippen LogP contribution in [0, 0.1) is 11.8 Å². The van der Waals surface area contributed by atoms with Crippen molar-refractivity contribution in [3.05, 3.63) is 28.8 Å². The molecule has 1 saturated heterocycles. The van der Waals surface area contributed by atoms with Gasteiger partial charge in [-0.25, -0.2) is 4.98 Å². The fraction of sp³-hybridized carbons (Fsp3) is 0.697. The van der Waals surface area contributed by atoms with Crippen molar-refractivity contribution in [2.45, 2.75) is 103 Å². The Labute approximate surface area is 249 Å². The molecule has 2 aromatic rings. The minimum absolute atomic E-state index is 0.0293. The van der Waals surface area contributed by atoms with E-state index in [-0.39, 0.29) is 29.9 Å². The lowest BCUT2D eigenvalue weighted by Gasteiger charge is -2.32. The summed E-state index contributed by atoms with van der Waals surface area (Å²) in [6.45, 7) is 10.3. The van der Waals surface area contributed by atoms with Gasteiger partial charge in [-0.05, 0) is 48.8 Å². The second-order valence-electron chi connectivity index (χ2n) is 12.3. The Kier molecular flexibility index (Phi) is 12.3. The van der Waals surface area contributed by atoms with Crippen LogP contribution in [0.5, 0.6) is 0 Å². The molecular weight excluding hydrogens is 534 g/mol. The average Bonchev–Trinajstić information content (AvgIpc) is 3.40. The molecule has 226 valence electrons. The van der Waals surface area contributed by atoms with E-state index in [1.54, 1.807) is 11.3 Å². The summed E-state index contributed by atoms with van der Waals surface area (Å²) >= 11 is 1.63. The van der Waals surface area contributed by atoms with Crippen LogP contribution >= 0.6 is 11.3 Å². The number of rotatable bonds is 15. The van der Waals surface area contributed by atoms with Gasteiger partial charge in [0.15, 0.2) is 0 Å². The Balaban J connectivity index is 1.41. The molecule has 2 aliphatic rings. The molecule has 0 spiro atoms. The first-order valence-corrected chi connectivity index (χ1v) is 16.7. The van der Waals surface area contributed by atoms with Gasteiger partial charge >= 0.3 is 0 Å². The summed E-state index contributed by atoms with van der Waals surface area (Å²) < 4.78 is 6.54. The minimum atomic E-state index is -0.448. The fourth-order valence-electron chi connectivity index (χ4n) is 6.13. The van der Waals surface area contributed by atoms with Crippen LogP contribution in [0.3, 0.4) is 0 Å². The van der Waals surface area contributed by atoms with Gasteiger partial charge in [0.25, 0.3) is 0 Å². The Hall–Kier alpha value is -2.16. The van der Waals surface area contributed by atoms with Gasteiger partial charge in [-0.2, -0.15) is 0 Å². The molecule has 2 heterocycles. The number of aromatic nitrogens is 1. The number of hydrogen-bond donors (Lipinski definition) is 1. The van der Waals surface area contributed by atoms with Crippen LogP contribution in [0.2, 0.25) is 0 Å². The minimum Gasteiger partial charge on any atom is -0.379 e. The van der Waals surface area contributed by atoms with E-state index in [2.05, 4.69) is 42.3 Å². The van der Waals surface area contributed by atoms with Crippen molar-refractivity contribution in [2.24, 2.45) is 11.8 Å². The van der Waals surface area contributed by atoms with Crippen LogP contribution in [0.1, 0.15) is 101 Å². The van der Waals surface area contributed by atoms with Crippen molar-refractivity contribution < 1.29 is 19.1 Å². The largest absolute Gasteiger partial charge is 0.379 e. The SMILES string of the molecule is CCC(=O)C[C@H](Cc1nc2ccc(C(C)C)cc2s1)C(=O)N[C@@H](CCC(=O)CCN1CCOCC1)C1CCCCC1. The maximum absolute atomic E-state index is 13.8. The maximum atomic E-state index is 13.8. The Bertz CT molecular complexity index is 1150. The number of ketones is 2. The number of fused-ring (bicyclic) bond motifs is 1. The topological polar surface area (TPSA) is 88.6 Å². The van der Waals surface area contributed by atoms with E-state index in [9.17, 15) is 14.4 Å². The summed E-state index contributed by atoms with van der Waals surface area (Å²) in [6, 6.07) is 6.35. The molecule has 0 bridgehead atoms. The van der Waals surface area contributed by atoms with Crippen molar-refractivity contribution >= 4 is 39.0 Å². The molecule has 2 fully saturated rings. The highest BCUT2D eigenvalue weighted by molar-refractivity contribution is 7.18. The molecule has 7 nitrogen and oxygen atoms in total. The summed E-state index contributed by atoms with van der Waals surface area (Å²) in [4.78, 5) is 46.3. The number of carbonyl (C=O) groups is 3. The summed E-state index contributed by atoms with van der Waals surface area (Å²) in [7, 11) is 0. The second kappa shape index (κ2) is 15.9. The van der Waals surface area contributed by atoms with Crippen LogP contribution in [-0.2, 0) is 25.5 Å². The number of nitrogens with one attached hydrogen (secondary N) is 1. The zero-order valence-corrected chi connectivity index (χ0v) is 26.1. The number of morpholine rings is 1. The predicted octanol–water partition coefficient (Wildman–Crippen LogP) is 6.08. The fourth-order valence-corrected chi connectivity index (χ4v) is 7.23. The van der Waals surface area contributed by atoms with E-state index >= 15 is 0 Å². The first-order valence-electron chi connectivity index (χ1n) is 15.9. The zero-order valence-electron chi connectivity index (χ0n) is 25.3. The van der Waals surface area contributed by atoms with Crippen LogP contribution < -0.4 is 5.32 Å². The maximum Gasteiger partial charge on any atom is 0.224 e. The molecule has 41 heavy (non-hydrogen) atoms. The van der Waals surface area contributed by atoms with Gasteiger partial charge in [-0.3, -0.25) is 19.3 Å². The van der Waals surface area contributed by atoms with Gasteiger partial charge < -0.3 is 10.1 Å². The first-order chi connectivity index (χ1) is 19.8. The number of benzene rings is 1. The molecule has 1 N–H and O–H groups in total. The summed E-state index contributed by atoms with van der Waals surface area (Å²) in [5.74, 6) is 0.675. The smallest absolute Gasteiger partial charge is 0.224 e. The van der Waals surface area contributed by atoms with Crippen LogP contribution in [-0.4, -0.2) is 66.2 Å². The van der Waals surface area contributed by atoms with Crippen molar-refractivity contribution in [2.75, 3.05) is 32.8 Å². The monoisotopic (exact) mass is 583 g/mol. The highest BCUT2D eigenvalue weighted by Crippen LogP contribution is 2.31. The lowest BCUT2D eigenvalue weighted by Crippen LogP contribution is -2.45. The number of carbonyl (C=O) groups excluding carboxylic acids is 3. The molecular formula is C33H49N3O4S. The molecule has 8 heteroatoms. The number of nitrogens with zero attached hydrogens (tertiary/aromatic N) is 2. The van der Waals surface area contributed by atoms with Crippen LogP contribution in [0.15, 0.2) is 18.2 Å². The van der Waals surface area contributed by atoms with E-state index in [1.807, 2.05) is 6.92 Å². The summed E-state index contributed by atoms with van der Waals surface area (Å²) in [5.41, 5.74) is 2.23. The number of Topliss-reactive ketones (excluding diaryl/α,β-unsaturated/α-hetero) is 2. The summed E-state index contributed by atoms with van der Waals surface area (Å²) in [6.07, 6.45) is 8.57. The molecule has 1 aromatic heterocycles. The molecule has 1 aliphatic carbocycles. The van der Waals surface area contributed by atoms with Gasteiger partial charge in [0.1, 0.15) is 11.6 Å². The van der Waals surface area contributed by atoms with E-state index < -0.39 is 5.92 Å². The van der Waals surface area contributed by atoms with Crippen molar-refractivity contribution in [1.82, 2.24) is 15.2 Å². The molecule has 0 radical (unpaired) electrons. The Morgan fingerprint density at radius 3 is 2.54 bits per heavy atom. The Morgan fingerprint density at radius 2 is 1.83 bits per heavy atom. The quantitative estimate of drug-likeness (QED) is 0.273. The second-order valence-corrected chi connectivity index (χ2v) is 13.4. The van der Waals surface area contributed by atoms with E-state index in [0.29, 0.717) is 43.9 Å². The number of amides is 1. The highest BCUT2D eigenvalue weighted by atomic mass is 32.1. The van der Waals surface area contributed by atoms with E-state index in [0.717, 1.165) is 60.9 Å². The van der Waals surface area contributed by atoms with Gasteiger partial charge in [-0.15, -0.1) is 11.3 Å². The number of hydrogen-bond acceptors (Lipinski definition) is 7. The zero-order chi connectivity index (χ0) is 29.2. The van der Waals surface area contributed by atoms with Crippen molar-refractivity contribution in [3.63, 3.8) is 0 Å². The van der Waals surface area contributed by atoms with Gasteiger partial charge in [-0.1, -0.05) is 46.1 Å². The van der Waals surface area contributed by atoms with Gasteiger partial charge in [0.2, 0.25) is 5.91 Å². The van der Waals surface area contributed by atoms with Crippen molar-refractivity contribution in [1.29, 1.82) is 0 Å². The molecule has 0 unspecified atom stereocenters. The van der Waals surface area contributed by atoms with Crippen LogP contribution in [0.25, 0.3) is 10.2 Å². The summed E-state index contributed by atoms with van der Waals surface area (Å²) in [5, 5.41) is 4.26. The average molecular weight is 584 g/mol. The molecule has 1 aromatic carbocycles. The highest BCUT2D eigenvalue weighted by Gasteiger charge is 2.30. The third kappa shape index (κ3) is 9.69. The molecule has 1 saturated carbocycles. The molecule has 4 rings (SSSR count). The molecule has 2 atom stereocenters. The lowest BCUT2D eigenvalue weighted by molar-refractivity contribution is -0.130. The van der Waals surface area contributed by atoms with Gasteiger partial charge in [0, 0.05) is 57.8 Å². The normalized spacial score (nSPS) is 18.4. The predicted molar refractivity (Wildman–Crippen MR) is 165 cm³/mol. The third-order valence-corrected chi connectivity index (χ3v) is 9.92. The number of ether oxygens (including phenoxy) is 1. The van der Waals surface area contributed by atoms with Crippen LogP contribution in [0.4, 0.5) is 0 Å². The molecule has 1 amide bonds.